The van der Waals surface area contributed by atoms with Gasteiger partial charge in [0.2, 0.25) is 0 Å². The van der Waals surface area contributed by atoms with Crippen LogP contribution in [0.2, 0.25) is 0 Å². The molecular weight excluding hydrogens is 498 g/mol. The Morgan fingerprint density at radius 3 is 1.80 bits per heavy atom. The number of imide groups is 1. The molecular formula is C34H31N3O3. The second kappa shape index (κ2) is 10.8. The molecule has 2 aliphatic rings. The summed E-state index contributed by atoms with van der Waals surface area (Å²) in [7, 11) is 0. The van der Waals surface area contributed by atoms with Gasteiger partial charge >= 0.3 is 6.03 Å². The van der Waals surface area contributed by atoms with Gasteiger partial charge in [-0.25, -0.2) is 4.79 Å². The van der Waals surface area contributed by atoms with E-state index in [1.165, 1.54) is 5.56 Å². The molecule has 0 spiro atoms. The molecule has 2 saturated heterocycles. The monoisotopic (exact) mass is 529 g/mol. The summed E-state index contributed by atoms with van der Waals surface area (Å²) in [5.74, 6) is -0.169. The lowest BCUT2D eigenvalue weighted by molar-refractivity contribution is -0.129. The molecule has 0 aliphatic carbocycles. The van der Waals surface area contributed by atoms with Gasteiger partial charge in [-0.3, -0.25) is 14.5 Å². The highest BCUT2D eigenvalue weighted by Gasteiger charge is 2.54. The minimum Gasteiger partial charge on any atom is -0.371 e. The van der Waals surface area contributed by atoms with Crippen LogP contribution in [-0.4, -0.2) is 42.3 Å². The zero-order valence-corrected chi connectivity index (χ0v) is 22.2. The van der Waals surface area contributed by atoms with Crippen LogP contribution in [0.15, 0.2) is 115 Å². The number of nitrogens with zero attached hydrogens (tertiary/aromatic N) is 2. The van der Waals surface area contributed by atoms with Crippen molar-refractivity contribution in [3.8, 4) is 0 Å². The predicted molar refractivity (Wildman–Crippen MR) is 155 cm³/mol. The molecule has 2 heterocycles. The molecule has 6 heteroatoms. The molecule has 0 saturated carbocycles. The van der Waals surface area contributed by atoms with Crippen molar-refractivity contribution in [3.05, 3.63) is 138 Å². The first-order valence-electron chi connectivity index (χ1n) is 13.7. The summed E-state index contributed by atoms with van der Waals surface area (Å²) in [6, 6.07) is 35.9. The van der Waals surface area contributed by atoms with Gasteiger partial charge in [0, 0.05) is 24.3 Å². The molecule has 4 aromatic carbocycles. The third kappa shape index (κ3) is 4.66. The van der Waals surface area contributed by atoms with Gasteiger partial charge in [-0.05, 0) is 59.7 Å². The molecule has 0 aromatic heterocycles. The summed E-state index contributed by atoms with van der Waals surface area (Å²) < 4.78 is 0. The van der Waals surface area contributed by atoms with E-state index in [-0.39, 0.29) is 12.3 Å². The molecule has 0 radical (unpaired) electrons. The number of rotatable bonds is 7. The number of carbonyl (C=O) groups is 3. The summed E-state index contributed by atoms with van der Waals surface area (Å²) in [6.07, 6.45) is 2.17. The van der Waals surface area contributed by atoms with Gasteiger partial charge in [-0.2, -0.15) is 0 Å². The van der Waals surface area contributed by atoms with E-state index in [0.717, 1.165) is 36.5 Å². The van der Waals surface area contributed by atoms with E-state index in [1.807, 2.05) is 72.8 Å². The van der Waals surface area contributed by atoms with Crippen molar-refractivity contribution in [1.29, 1.82) is 0 Å². The van der Waals surface area contributed by atoms with Gasteiger partial charge in [0.25, 0.3) is 5.91 Å². The Morgan fingerprint density at radius 1 is 0.725 bits per heavy atom. The van der Waals surface area contributed by atoms with Crippen LogP contribution in [0.25, 0.3) is 0 Å². The van der Waals surface area contributed by atoms with Crippen LogP contribution >= 0.6 is 0 Å². The third-order valence-electron chi connectivity index (χ3n) is 8.14. The summed E-state index contributed by atoms with van der Waals surface area (Å²) in [4.78, 5) is 43.7. The van der Waals surface area contributed by atoms with Crippen molar-refractivity contribution >= 4 is 23.4 Å². The lowest BCUT2D eigenvalue weighted by Gasteiger charge is -2.34. The standard InChI is InChI=1S/C34H31N3O3/c38-31(27-16-18-30(19-17-27)36-22-20-26(21-23-36)25-10-4-1-5-11-25)24-37-32(39)34(35-33(37)40,28-12-6-2-7-13-28)29-14-8-3-9-15-29/h1-19,26H,20-24H2,(H,35,40). The van der Waals surface area contributed by atoms with E-state index in [0.29, 0.717) is 22.6 Å². The van der Waals surface area contributed by atoms with Crippen LogP contribution in [0.4, 0.5) is 10.5 Å². The second-order valence-corrected chi connectivity index (χ2v) is 10.4. The topological polar surface area (TPSA) is 69.7 Å². The Morgan fingerprint density at radius 2 is 1.25 bits per heavy atom. The number of benzene rings is 4. The first-order chi connectivity index (χ1) is 19.6. The Labute approximate surface area is 234 Å². The zero-order valence-electron chi connectivity index (χ0n) is 22.2. The average molecular weight is 530 g/mol. The highest BCUT2D eigenvalue weighted by Crippen LogP contribution is 2.36. The Kier molecular flexibility index (Phi) is 6.91. The van der Waals surface area contributed by atoms with Crippen molar-refractivity contribution in [2.75, 3.05) is 24.5 Å². The van der Waals surface area contributed by atoms with Crippen molar-refractivity contribution in [1.82, 2.24) is 10.2 Å². The van der Waals surface area contributed by atoms with Gasteiger partial charge in [0.05, 0.1) is 6.54 Å². The van der Waals surface area contributed by atoms with E-state index >= 15 is 0 Å². The van der Waals surface area contributed by atoms with E-state index in [4.69, 9.17) is 0 Å². The fourth-order valence-corrected chi connectivity index (χ4v) is 5.94. The number of ketones is 1. The molecule has 0 bridgehead atoms. The maximum Gasteiger partial charge on any atom is 0.325 e. The number of amides is 3. The van der Waals surface area contributed by atoms with Crippen LogP contribution in [0.5, 0.6) is 0 Å². The number of hydrogen-bond donors (Lipinski definition) is 1. The second-order valence-electron chi connectivity index (χ2n) is 10.4. The molecule has 200 valence electrons. The Hall–Kier alpha value is -4.71. The number of urea groups is 1. The molecule has 4 aromatic rings. The summed E-state index contributed by atoms with van der Waals surface area (Å²) in [5.41, 5.74) is 2.86. The quantitative estimate of drug-likeness (QED) is 0.245. The molecule has 0 unspecified atom stereocenters. The smallest absolute Gasteiger partial charge is 0.325 e. The van der Waals surface area contributed by atoms with E-state index in [1.54, 1.807) is 12.1 Å². The molecule has 0 atom stereocenters. The fourth-order valence-electron chi connectivity index (χ4n) is 5.94. The summed E-state index contributed by atoms with van der Waals surface area (Å²) in [5, 5.41) is 2.90. The number of piperidine rings is 1. The minimum atomic E-state index is -1.38. The summed E-state index contributed by atoms with van der Waals surface area (Å²) >= 11 is 0. The fraction of sp³-hybridized carbons (Fsp3) is 0.206. The van der Waals surface area contributed by atoms with Crippen LogP contribution in [0.3, 0.4) is 0 Å². The number of Topliss-reactive ketones (excluding diaryl/α,β-unsaturated/α-hetero) is 1. The van der Waals surface area contributed by atoms with E-state index < -0.39 is 17.5 Å². The zero-order chi connectivity index (χ0) is 27.5. The predicted octanol–water partition coefficient (Wildman–Crippen LogP) is 5.75. The first-order valence-corrected chi connectivity index (χ1v) is 13.7. The minimum absolute atomic E-state index is 0.283. The van der Waals surface area contributed by atoms with E-state index in [2.05, 4.69) is 40.5 Å². The van der Waals surface area contributed by atoms with Crippen LogP contribution in [0.1, 0.15) is 45.8 Å². The van der Waals surface area contributed by atoms with Crippen LogP contribution in [-0.2, 0) is 10.3 Å². The Bertz CT molecular complexity index is 1460. The molecule has 2 aliphatic heterocycles. The maximum atomic E-state index is 13.9. The molecule has 40 heavy (non-hydrogen) atoms. The number of anilines is 1. The highest BCUT2D eigenvalue weighted by atomic mass is 16.2. The molecule has 1 N–H and O–H groups in total. The van der Waals surface area contributed by atoms with Crippen LogP contribution < -0.4 is 10.2 Å². The maximum absolute atomic E-state index is 13.9. The largest absolute Gasteiger partial charge is 0.371 e. The highest BCUT2D eigenvalue weighted by molar-refractivity contribution is 6.13. The molecule has 6 rings (SSSR count). The number of carbonyl (C=O) groups excluding carboxylic acids is 3. The lowest BCUT2D eigenvalue weighted by Crippen LogP contribution is -2.45. The number of nitrogens with one attached hydrogen (secondary N) is 1. The SMILES string of the molecule is O=C(CN1C(=O)NC(c2ccccc2)(c2ccccc2)C1=O)c1ccc(N2CCC(c3ccccc3)CC2)cc1. The third-order valence-corrected chi connectivity index (χ3v) is 8.14. The van der Waals surface area contributed by atoms with Gasteiger partial charge in [0.15, 0.2) is 11.3 Å². The summed E-state index contributed by atoms with van der Waals surface area (Å²) in [6.45, 7) is 1.58. The first kappa shape index (κ1) is 25.6. The van der Waals surface area contributed by atoms with E-state index in [9.17, 15) is 14.4 Å². The molecule has 2 fully saturated rings. The van der Waals surface area contributed by atoms with Gasteiger partial charge < -0.3 is 10.2 Å². The lowest BCUT2D eigenvalue weighted by atomic mass is 9.82. The molecule has 6 nitrogen and oxygen atoms in total. The normalized spacial score (nSPS) is 17.1. The molecule has 3 amide bonds. The van der Waals surface area contributed by atoms with Gasteiger partial charge in [-0.1, -0.05) is 91.0 Å². The number of hydrogen-bond acceptors (Lipinski definition) is 4. The van der Waals surface area contributed by atoms with Gasteiger partial charge in [0.1, 0.15) is 0 Å². The Balaban J connectivity index is 1.16. The van der Waals surface area contributed by atoms with Crippen molar-refractivity contribution in [2.24, 2.45) is 0 Å². The van der Waals surface area contributed by atoms with Crippen LogP contribution in [0, 0.1) is 0 Å². The van der Waals surface area contributed by atoms with Crippen molar-refractivity contribution in [2.45, 2.75) is 24.3 Å². The van der Waals surface area contributed by atoms with Crippen molar-refractivity contribution in [3.63, 3.8) is 0 Å². The van der Waals surface area contributed by atoms with Crippen molar-refractivity contribution < 1.29 is 14.4 Å². The van der Waals surface area contributed by atoms with Gasteiger partial charge in [-0.15, -0.1) is 0 Å². The average Bonchev–Trinajstić information content (AvgIpc) is 3.28.